The highest BCUT2D eigenvalue weighted by molar-refractivity contribution is 5.83. The van der Waals surface area contributed by atoms with E-state index in [4.69, 9.17) is 0 Å². The summed E-state index contributed by atoms with van der Waals surface area (Å²) in [5.74, 6) is 0.174. The molecule has 1 rings (SSSR count). The first kappa shape index (κ1) is 15.0. The van der Waals surface area contributed by atoms with Gasteiger partial charge in [-0.05, 0) is 32.7 Å². The van der Waals surface area contributed by atoms with Crippen LogP contribution in [0.2, 0.25) is 0 Å². The molecule has 0 saturated carbocycles. The third kappa shape index (κ3) is 4.64. The van der Waals surface area contributed by atoms with Gasteiger partial charge in [-0.15, -0.1) is 0 Å². The van der Waals surface area contributed by atoms with Crippen LogP contribution in [0, 0.1) is 0 Å². The Morgan fingerprint density at radius 2 is 2.22 bits per heavy atom. The Labute approximate surface area is 109 Å². The van der Waals surface area contributed by atoms with Crippen molar-refractivity contribution in [3.8, 4) is 0 Å². The molecule has 0 radical (unpaired) electrons. The van der Waals surface area contributed by atoms with Crippen LogP contribution in [0.15, 0.2) is 0 Å². The summed E-state index contributed by atoms with van der Waals surface area (Å²) in [6.45, 7) is 6.83. The molecule has 1 heterocycles. The van der Waals surface area contributed by atoms with E-state index in [0.717, 1.165) is 32.4 Å². The number of nitrogens with zero attached hydrogens (tertiary/aromatic N) is 1. The molecule has 1 saturated heterocycles. The van der Waals surface area contributed by atoms with E-state index in [1.54, 1.807) is 0 Å². The van der Waals surface area contributed by atoms with Crippen LogP contribution < -0.4 is 10.6 Å². The zero-order chi connectivity index (χ0) is 13.4. The van der Waals surface area contributed by atoms with Gasteiger partial charge in [-0.25, -0.2) is 0 Å². The molecule has 1 atom stereocenters. The maximum absolute atomic E-state index is 12.1. The second-order valence-corrected chi connectivity index (χ2v) is 4.68. The van der Waals surface area contributed by atoms with Gasteiger partial charge in [0.1, 0.15) is 0 Å². The molecule has 2 N–H and O–H groups in total. The zero-order valence-electron chi connectivity index (χ0n) is 11.5. The van der Waals surface area contributed by atoms with Gasteiger partial charge in [-0.2, -0.15) is 0 Å². The van der Waals surface area contributed by atoms with Gasteiger partial charge in [-0.1, -0.05) is 6.92 Å². The van der Waals surface area contributed by atoms with Crippen LogP contribution in [0.4, 0.5) is 0 Å². The second kappa shape index (κ2) is 8.08. The summed E-state index contributed by atoms with van der Waals surface area (Å²) in [6, 6.07) is -0.0482. The van der Waals surface area contributed by atoms with Crippen molar-refractivity contribution in [2.45, 2.75) is 45.6 Å². The van der Waals surface area contributed by atoms with Crippen molar-refractivity contribution in [3.63, 3.8) is 0 Å². The fourth-order valence-electron chi connectivity index (χ4n) is 2.19. The Bertz CT molecular complexity index is 281. The number of rotatable bonds is 7. The summed E-state index contributed by atoms with van der Waals surface area (Å²) in [7, 11) is 0. The molecule has 1 aliphatic rings. The Kier molecular flexibility index (Phi) is 6.72. The Balaban J connectivity index is 2.36. The molecule has 0 spiro atoms. The number of amides is 2. The lowest BCUT2D eigenvalue weighted by atomic mass is 10.0. The molecule has 0 aromatic rings. The third-order valence-corrected chi connectivity index (χ3v) is 3.15. The van der Waals surface area contributed by atoms with Crippen LogP contribution in [-0.4, -0.2) is 48.9 Å². The normalized spacial score (nSPS) is 20.0. The smallest absolute Gasteiger partial charge is 0.239 e. The molecular weight excluding hydrogens is 230 g/mol. The molecule has 18 heavy (non-hydrogen) atoms. The van der Waals surface area contributed by atoms with Gasteiger partial charge in [0.15, 0.2) is 0 Å². The first-order chi connectivity index (χ1) is 8.69. The van der Waals surface area contributed by atoms with Crippen LogP contribution in [-0.2, 0) is 9.59 Å². The van der Waals surface area contributed by atoms with Gasteiger partial charge in [0.25, 0.3) is 0 Å². The largest absolute Gasteiger partial charge is 0.356 e. The van der Waals surface area contributed by atoms with Crippen molar-refractivity contribution in [3.05, 3.63) is 0 Å². The average Bonchev–Trinajstić information content (AvgIpc) is 2.36. The molecule has 2 amide bonds. The van der Waals surface area contributed by atoms with Gasteiger partial charge in [0.05, 0.1) is 6.04 Å². The van der Waals surface area contributed by atoms with Crippen molar-refractivity contribution >= 4 is 11.8 Å². The predicted molar refractivity (Wildman–Crippen MR) is 71.2 cm³/mol. The van der Waals surface area contributed by atoms with E-state index >= 15 is 0 Å². The van der Waals surface area contributed by atoms with Gasteiger partial charge < -0.3 is 15.5 Å². The molecule has 5 heteroatoms. The monoisotopic (exact) mass is 255 g/mol. The van der Waals surface area contributed by atoms with Crippen LogP contribution in [0.25, 0.3) is 0 Å². The second-order valence-electron chi connectivity index (χ2n) is 4.68. The van der Waals surface area contributed by atoms with E-state index in [-0.39, 0.29) is 17.9 Å². The fraction of sp³-hybridized carbons (Fsp3) is 0.846. The van der Waals surface area contributed by atoms with E-state index < -0.39 is 0 Å². The molecule has 0 aliphatic carbocycles. The van der Waals surface area contributed by atoms with Crippen molar-refractivity contribution in [1.82, 2.24) is 15.5 Å². The van der Waals surface area contributed by atoms with Gasteiger partial charge in [-0.3, -0.25) is 9.59 Å². The summed E-state index contributed by atoms with van der Waals surface area (Å²) >= 11 is 0. The van der Waals surface area contributed by atoms with E-state index in [9.17, 15) is 9.59 Å². The summed E-state index contributed by atoms with van der Waals surface area (Å²) in [5.41, 5.74) is 0. The number of piperidine rings is 1. The lowest BCUT2D eigenvalue weighted by Crippen LogP contribution is -2.51. The highest BCUT2D eigenvalue weighted by atomic mass is 16.2. The first-order valence-electron chi connectivity index (χ1n) is 6.97. The minimum atomic E-state index is -0.0482. The highest BCUT2D eigenvalue weighted by Crippen LogP contribution is 2.12. The van der Waals surface area contributed by atoms with Crippen LogP contribution in [0.5, 0.6) is 0 Å². The minimum absolute atomic E-state index is 0.0222. The van der Waals surface area contributed by atoms with E-state index in [1.807, 2.05) is 11.8 Å². The molecule has 5 nitrogen and oxygen atoms in total. The fourth-order valence-corrected chi connectivity index (χ4v) is 2.19. The topological polar surface area (TPSA) is 61.4 Å². The highest BCUT2D eigenvalue weighted by Gasteiger charge is 2.27. The summed E-state index contributed by atoms with van der Waals surface area (Å²) in [6.07, 6.45) is 3.36. The van der Waals surface area contributed by atoms with Crippen molar-refractivity contribution in [2.24, 2.45) is 0 Å². The zero-order valence-corrected chi connectivity index (χ0v) is 11.5. The molecule has 1 unspecified atom stereocenters. The van der Waals surface area contributed by atoms with Gasteiger partial charge >= 0.3 is 0 Å². The number of carbonyl (C=O) groups excluding carboxylic acids is 2. The Morgan fingerprint density at radius 1 is 1.44 bits per heavy atom. The number of carbonyl (C=O) groups is 2. The maximum atomic E-state index is 12.1. The Hall–Kier alpha value is -1.10. The Morgan fingerprint density at radius 3 is 2.89 bits per heavy atom. The van der Waals surface area contributed by atoms with E-state index in [0.29, 0.717) is 19.5 Å². The number of hydrogen-bond acceptors (Lipinski definition) is 3. The molecule has 1 aliphatic heterocycles. The van der Waals surface area contributed by atoms with Crippen molar-refractivity contribution < 1.29 is 9.59 Å². The minimum Gasteiger partial charge on any atom is -0.356 e. The maximum Gasteiger partial charge on any atom is 0.239 e. The van der Waals surface area contributed by atoms with Crippen molar-refractivity contribution in [2.75, 3.05) is 26.2 Å². The SMILES string of the molecule is CCCNC1CCCN(CCC(=O)NCC)C1=O. The number of likely N-dealkylation sites (tertiary alicyclic amines) is 1. The number of hydrogen-bond donors (Lipinski definition) is 2. The van der Waals surface area contributed by atoms with Gasteiger partial charge in [0.2, 0.25) is 11.8 Å². The molecule has 0 bridgehead atoms. The lowest BCUT2D eigenvalue weighted by molar-refractivity contribution is -0.136. The molecule has 1 fully saturated rings. The molecule has 104 valence electrons. The number of nitrogens with one attached hydrogen (secondary N) is 2. The first-order valence-corrected chi connectivity index (χ1v) is 6.97. The lowest BCUT2D eigenvalue weighted by Gasteiger charge is -2.32. The standard InChI is InChI=1S/C13H25N3O2/c1-3-8-15-11-6-5-9-16(13(11)18)10-7-12(17)14-4-2/h11,15H,3-10H2,1-2H3,(H,14,17). The van der Waals surface area contributed by atoms with Crippen LogP contribution in [0.3, 0.4) is 0 Å². The summed E-state index contributed by atoms with van der Waals surface area (Å²) < 4.78 is 0. The summed E-state index contributed by atoms with van der Waals surface area (Å²) in [4.78, 5) is 25.3. The molecule has 0 aromatic carbocycles. The average molecular weight is 255 g/mol. The van der Waals surface area contributed by atoms with E-state index in [1.165, 1.54) is 0 Å². The van der Waals surface area contributed by atoms with Crippen LogP contribution in [0.1, 0.15) is 39.5 Å². The molecular formula is C13H25N3O2. The summed E-state index contributed by atoms with van der Waals surface area (Å²) in [5, 5.41) is 6.02. The van der Waals surface area contributed by atoms with E-state index in [2.05, 4.69) is 17.6 Å². The quantitative estimate of drug-likeness (QED) is 0.696. The third-order valence-electron chi connectivity index (χ3n) is 3.15. The van der Waals surface area contributed by atoms with Crippen LogP contribution >= 0.6 is 0 Å². The van der Waals surface area contributed by atoms with Gasteiger partial charge in [0, 0.05) is 26.1 Å². The molecule has 0 aromatic heterocycles. The predicted octanol–water partition coefficient (Wildman–Crippen LogP) is 0.503. The van der Waals surface area contributed by atoms with Crippen molar-refractivity contribution in [1.29, 1.82) is 0 Å².